The Labute approximate surface area is 130 Å². The lowest BCUT2D eigenvalue weighted by Gasteiger charge is -2.31. The largest absolute Gasteiger partial charge is 0.484 e. The molecule has 0 amide bonds. The van der Waals surface area contributed by atoms with Crippen LogP contribution in [0.4, 0.5) is 4.39 Å². The van der Waals surface area contributed by atoms with Crippen molar-refractivity contribution in [2.75, 3.05) is 7.05 Å². The van der Waals surface area contributed by atoms with Crippen LogP contribution in [0, 0.1) is 12.7 Å². The average Bonchev–Trinajstić information content (AvgIpc) is 2.77. The van der Waals surface area contributed by atoms with Gasteiger partial charge < -0.3 is 10.1 Å². The van der Waals surface area contributed by atoms with Crippen LogP contribution in [0.5, 0.6) is 5.75 Å². The summed E-state index contributed by atoms with van der Waals surface area (Å²) >= 11 is 5.26. The van der Waals surface area contributed by atoms with Gasteiger partial charge in [-0.25, -0.2) is 4.39 Å². The van der Waals surface area contributed by atoms with E-state index in [2.05, 4.69) is 34.2 Å². The number of halogens is 2. The van der Waals surface area contributed by atoms with Crippen molar-refractivity contribution in [1.29, 1.82) is 0 Å². The lowest BCUT2D eigenvalue weighted by atomic mass is 9.96. The number of hydrogen-bond acceptors (Lipinski definition) is 3. The predicted molar refractivity (Wildman–Crippen MR) is 82.9 cm³/mol. The van der Waals surface area contributed by atoms with E-state index in [0.29, 0.717) is 5.75 Å². The topological polar surface area (TPSA) is 21.3 Å². The van der Waals surface area contributed by atoms with Crippen LogP contribution >= 0.6 is 27.3 Å². The summed E-state index contributed by atoms with van der Waals surface area (Å²) in [5.41, 5.74) is 1.03. The van der Waals surface area contributed by atoms with Gasteiger partial charge in [0.1, 0.15) is 17.7 Å². The van der Waals surface area contributed by atoms with Crippen LogP contribution in [0.15, 0.2) is 28.7 Å². The van der Waals surface area contributed by atoms with Gasteiger partial charge in [-0.1, -0.05) is 6.07 Å². The molecule has 2 atom stereocenters. The van der Waals surface area contributed by atoms with Crippen LogP contribution in [0.2, 0.25) is 0 Å². The molecule has 0 bridgehead atoms. The molecule has 0 aliphatic carbocycles. The first-order chi connectivity index (χ1) is 9.58. The number of ether oxygens (including phenoxy) is 1. The molecular weight excluding hydrogens is 341 g/mol. The monoisotopic (exact) mass is 355 g/mol. The molecule has 0 saturated carbocycles. The number of aryl methyl sites for hydroxylation is 1. The zero-order valence-electron chi connectivity index (χ0n) is 11.2. The van der Waals surface area contributed by atoms with Crippen molar-refractivity contribution in [3.05, 3.63) is 49.9 Å². The van der Waals surface area contributed by atoms with Crippen molar-refractivity contribution in [3.63, 3.8) is 0 Å². The standard InChI is InChI=1S/C15H15BrFNOS/c1-8-11(16)6-15(20-8)14-7-12(18-2)10-4-3-9(17)5-13(10)19-14/h3-6,12,14,18H,7H2,1-2H3. The lowest BCUT2D eigenvalue weighted by Crippen LogP contribution is -2.26. The van der Waals surface area contributed by atoms with E-state index in [0.717, 1.165) is 16.5 Å². The zero-order chi connectivity index (χ0) is 14.3. The number of hydrogen-bond donors (Lipinski definition) is 1. The molecule has 5 heteroatoms. The fourth-order valence-corrected chi connectivity index (χ4v) is 4.13. The van der Waals surface area contributed by atoms with E-state index in [4.69, 9.17) is 4.74 Å². The second-order valence-electron chi connectivity index (χ2n) is 4.92. The summed E-state index contributed by atoms with van der Waals surface area (Å²) in [5, 5.41) is 3.29. The number of nitrogens with one attached hydrogen (secondary N) is 1. The molecule has 1 aromatic carbocycles. The smallest absolute Gasteiger partial charge is 0.135 e. The number of benzene rings is 1. The first kappa shape index (κ1) is 14.0. The van der Waals surface area contributed by atoms with Crippen molar-refractivity contribution in [2.24, 2.45) is 0 Å². The molecule has 1 aromatic heterocycles. The highest BCUT2D eigenvalue weighted by molar-refractivity contribution is 9.10. The number of thiophene rings is 1. The summed E-state index contributed by atoms with van der Waals surface area (Å²) in [6, 6.07) is 7.05. The molecule has 3 rings (SSSR count). The molecule has 0 spiro atoms. The fraction of sp³-hybridized carbons (Fsp3) is 0.333. The van der Waals surface area contributed by atoms with Gasteiger partial charge in [-0.3, -0.25) is 0 Å². The first-order valence-electron chi connectivity index (χ1n) is 6.47. The van der Waals surface area contributed by atoms with Gasteiger partial charge in [-0.15, -0.1) is 11.3 Å². The highest BCUT2D eigenvalue weighted by Gasteiger charge is 2.30. The molecule has 1 N–H and O–H groups in total. The van der Waals surface area contributed by atoms with E-state index in [1.165, 1.54) is 21.9 Å². The fourth-order valence-electron chi connectivity index (χ4n) is 2.53. The van der Waals surface area contributed by atoms with Gasteiger partial charge in [0.05, 0.1) is 0 Å². The molecule has 1 aliphatic rings. The van der Waals surface area contributed by atoms with Crippen LogP contribution in [0.25, 0.3) is 0 Å². The van der Waals surface area contributed by atoms with Crippen molar-refractivity contribution < 1.29 is 9.13 Å². The maximum Gasteiger partial charge on any atom is 0.135 e. The Morgan fingerprint density at radius 3 is 2.85 bits per heavy atom. The van der Waals surface area contributed by atoms with E-state index in [1.54, 1.807) is 17.4 Å². The molecule has 0 radical (unpaired) electrons. The molecule has 2 heterocycles. The normalized spacial score (nSPS) is 21.4. The van der Waals surface area contributed by atoms with Crippen molar-refractivity contribution in [2.45, 2.75) is 25.5 Å². The van der Waals surface area contributed by atoms with Crippen LogP contribution in [0.1, 0.15) is 33.9 Å². The summed E-state index contributed by atoms with van der Waals surface area (Å²) in [6.45, 7) is 2.07. The Morgan fingerprint density at radius 2 is 2.20 bits per heavy atom. The van der Waals surface area contributed by atoms with E-state index in [-0.39, 0.29) is 18.0 Å². The van der Waals surface area contributed by atoms with Crippen molar-refractivity contribution in [3.8, 4) is 5.75 Å². The zero-order valence-corrected chi connectivity index (χ0v) is 13.6. The van der Waals surface area contributed by atoms with Crippen LogP contribution in [-0.2, 0) is 0 Å². The Kier molecular flexibility index (Phi) is 3.84. The van der Waals surface area contributed by atoms with Gasteiger partial charge in [-0.2, -0.15) is 0 Å². The average molecular weight is 356 g/mol. The quantitative estimate of drug-likeness (QED) is 0.839. The van der Waals surface area contributed by atoms with Gasteiger partial charge in [-0.05, 0) is 42.0 Å². The molecular formula is C15H15BrFNOS. The van der Waals surface area contributed by atoms with Crippen molar-refractivity contribution in [1.82, 2.24) is 5.32 Å². The van der Waals surface area contributed by atoms with E-state index >= 15 is 0 Å². The minimum atomic E-state index is -0.261. The summed E-state index contributed by atoms with van der Waals surface area (Å²) < 4.78 is 20.5. The second kappa shape index (κ2) is 5.47. The molecule has 2 unspecified atom stereocenters. The Morgan fingerprint density at radius 1 is 1.40 bits per heavy atom. The molecule has 0 fully saturated rings. The summed E-state index contributed by atoms with van der Waals surface area (Å²) in [5.74, 6) is 0.380. The molecule has 1 aliphatic heterocycles. The number of fused-ring (bicyclic) bond motifs is 1. The molecule has 20 heavy (non-hydrogen) atoms. The minimum absolute atomic E-state index is 0.0308. The number of rotatable bonds is 2. The van der Waals surface area contributed by atoms with Gasteiger partial charge in [0, 0.05) is 38.3 Å². The van der Waals surface area contributed by atoms with Gasteiger partial charge >= 0.3 is 0 Å². The third kappa shape index (κ3) is 2.50. The second-order valence-corrected chi connectivity index (χ2v) is 7.06. The SMILES string of the molecule is CNC1CC(c2cc(Br)c(C)s2)Oc2cc(F)ccc21. The summed E-state index contributed by atoms with van der Waals surface area (Å²) in [6.07, 6.45) is 0.818. The highest BCUT2D eigenvalue weighted by atomic mass is 79.9. The van der Waals surface area contributed by atoms with E-state index in [1.807, 2.05) is 7.05 Å². The van der Waals surface area contributed by atoms with E-state index in [9.17, 15) is 4.39 Å². The predicted octanol–water partition coefficient (Wildman–Crippen LogP) is 4.74. The van der Waals surface area contributed by atoms with E-state index < -0.39 is 0 Å². The molecule has 106 valence electrons. The molecule has 0 saturated heterocycles. The minimum Gasteiger partial charge on any atom is -0.484 e. The Hall–Kier alpha value is -0.910. The third-order valence-electron chi connectivity index (χ3n) is 3.61. The Balaban J connectivity index is 1.97. The highest BCUT2D eigenvalue weighted by Crippen LogP contribution is 2.43. The Bertz CT molecular complexity index is 623. The van der Waals surface area contributed by atoms with Crippen LogP contribution in [-0.4, -0.2) is 7.05 Å². The molecule has 2 nitrogen and oxygen atoms in total. The first-order valence-corrected chi connectivity index (χ1v) is 8.08. The van der Waals surface area contributed by atoms with Gasteiger partial charge in [0.25, 0.3) is 0 Å². The summed E-state index contributed by atoms with van der Waals surface area (Å²) in [4.78, 5) is 2.40. The molecule has 2 aromatic rings. The van der Waals surface area contributed by atoms with Crippen LogP contribution in [0.3, 0.4) is 0 Å². The van der Waals surface area contributed by atoms with Crippen molar-refractivity contribution >= 4 is 27.3 Å². The summed E-state index contributed by atoms with van der Waals surface area (Å²) in [7, 11) is 1.93. The van der Waals surface area contributed by atoms with Gasteiger partial charge in [0.15, 0.2) is 0 Å². The third-order valence-corrected chi connectivity index (χ3v) is 5.84. The maximum absolute atomic E-state index is 13.4. The van der Waals surface area contributed by atoms with Gasteiger partial charge in [0.2, 0.25) is 0 Å². The lowest BCUT2D eigenvalue weighted by molar-refractivity contribution is 0.156. The van der Waals surface area contributed by atoms with Crippen LogP contribution < -0.4 is 10.1 Å². The maximum atomic E-state index is 13.4.